The van der Waals surface area contributed by atoms with E-state index in [1.54, 1.807) is 29.2 Å². The summed E-state index contributed by atoms with van der Waals surface area (Å²) in [6.45, 7) is 0.457. The van der Waals surface area contributed by atoms with Crippen molar-refractivity contribution in [1.82, 2.24) is 4.90 Å². The van der Waals surface area contributed by atoms with Crippen molar-refractivity contribution in [3.05, 3.63) is 53.8 Å². The zero-order valence-corrected chi connectivity index (χ0v) is 17.3. The lowest BCUT2D eigenvalue weighted by molar-refractivity contribution is -0.138. The SMILES string of the molecule is COC(=O)CNc1cccc(C(=O)N2CC[C@@H](Oc3ccc(F)cc3OC)[C@H](O)C2)c1. The first-order chi connectivity index (χ1) is 14.9. The average molecular weight is 432 g/mol. The van der Waals surface area contributed by atoms with Crippen molar-refractivity contribution in [3.8, 4) is 11.5 Å². The van der Waals surface area contributed by atoms with Crippen LogP contribution in [0.4, 0.5) is 10.1 Å². The summed E-state index contributed by atoms with van der Waals surface area (Å²) in [4.78, 5) is 25.7. The summed E-state index contributed by atoms with van der Waals surface area (Å²) in [5, 5.41) is 13.4. The third-order valence-corrected chi connectivity index (χ3v) is 4.99. The molecule has 2 aromatic rings. The molecule has 0 bridgehead atoms. The fraction of sp³-hybridized carbons (Fsp3) is 0.364. The fourth-order valence-electron chi connectivity index (χ4n) is 3.33. The Morgan fingerprint density at radius 1 is 1.19 bits per heavy atom. The minimum absolute atomic E-state index is 0.0115. The number of hydrogen-bond acceptors (Lipinski definition) is 7. The van der Waals surface area contributed by atoms with Crippen LogP contribution >= 0.6 is 0 Å². The molecule has 0 saturated carbocycles. The summed E-state index contributed by atoms with van der Waals surface area (Å²) in [6, 6.07) is 10.7. The van der Waals surface area contributed by atoms with Gasteiger partial charge < -0.3 is 29.5 Å². The van der Waals surface area contributed by atoms with Crippen LogP contribution in [0.5, 0.6) is 11.5 Å². The van der Waals surface area contributed by atoms with E-state index in [0.29, 0.717) is 30.0 Å². The molecule has 2 atom stereocenters. The predicted molar refractivity (Wildman–Crippen MR) is 111 cm³/mol. The minimum atomic E-state index is -0.923. The molecule has 31 heavy (non-hydrogen) atoms. The van der Waals surface area contributed by atoms with Crippen molar-refractivity contribution in [2.24, 2.45) is 0 Å². The first-order valence-electron chi connectivity index (χ1n) is 9.79. The van der Waals surface area contributed by atoms with Gasteiger partial charge in [-0.2, -0.15) is 0 Å². The molecule has 1 amide bonds. The summed E-state index contributed by atoms with van der Waals surface area (Å²) in [7, 11) is 2.71. The molecule has 2 N–H and O–H groups in total. The Morgan fingerprint density at radius 3 is 2.71 bits per heavy atom. The average Bonchev–Trinajstić information content (AvgIpc) is 2.79. The van der Waals surface area contributed by atoms with Crippen LogP contribution in [0.1, 0.15) is 16.8 Å². The quantitative estimate of drug-likeness (QED) is 0.647. The van der Waals surface area contributed by atoms with Gasteiger partial charge in [0.25, 0.3) is 5.91 Å². The van der Waals surface area contributed by atoms with Gasteiger partial charge in [-0.05, 0) is 30.3 Å². The molecule has 0 radical (unpaired) electrons. The number of β-amino-alcohol motifs (C(OH)–C–C–N with tert-alkyl or cyclic N) is 1. The standard InChI is InChI=1S/C22H25FN2O6/c1-29-20-11-15(23)6-7-19(20)31-18-8-9-25(13-17(18)26)22(28)14-4-3-5-16(10-14)24-12-21(27)30-2/h3-7,10-11,17-18,24,26H,8-9,12-13H2,1-2H3/t17-,18-/m1/s1. The molecule has 9 heteroatoms. The molecule has 1 saturated heterocycles. The van der Waals surface area contributed by atoms with Gasteiger partial charge in [0.1, 0.15) is 24.6 Å². The molecule has 1 aliphatic rings. The van der Waals surface area contributed by atoms with Crippen molar-refractivity contribution in [1.29, 1.82) is 0 Å². The molecule has 1 heterocycles. The summed E-state index contributed by atoms with van der Waals surface area (Å²) in [5.41, 5.74) is 1.04. The first-order valence-corrected chi connectivity index (χ1v) is 9.79. The number of aliphatic hydroxyl groups is 1. The number of esters is 1. The van der Waals surface area contributed by atoms with Crippen LogP contribution in [0.3, 0.4) is 0 Å². The molecular formula is C22H25FN2O6. The highest BCUT2D eigenvalue weighted by Gasteiger charge is 2.32. The largest absolute Gasteiger partial charge is 0.493 e. The number of nitrogens with zero attached hydrogens (tertiary/aromatic N) is 1. The van der Waals surface area contributed by atoms with Crippen molar-refractivity contribution < 1.29 is 33.3 Å². The molecule has 3 rings (SSSR count). The molecule has 1 fully saturated rings. The number of anilines is 1. The number of carbonyl (C=O) groups excluding carboxylic acids is 2. The van der Waals surface area contributed by atoms with Crippen LogP contribution in [-0.2, 0) is 9.53 Å². The fourth-order valence-corrected chi connectivity index (χ4v) is 3.33. The molecule has 2 aromatic carbocycles. The minimum Gasteiger partial charge on any atom is -0.493 e. The number of methoxy groups -OCH3 is 2. The number of rotatable bonds is 7. The third-order valence-electron chi connectivity index (χ3n) is 4.99. The van der Waals surface area contributed by atoms with E-state index in [-0.39, 0.29) is 24.7 Å². The Labute approximate surface area is 179 Å². The molecule has 0 unspecified atom stereocenters. The summed E-state index contributed by atoms with van der Waals surface area (Å²) in [6.07, 6.45) is -1.09. The van der Waals surface area contributed by atoms with E-state index in [4.69, 9.17) is 9.47 Å². The highest BCUT2D eigenvalue weighted by molar-refractivity contribution is 5.95. The van der Waals surface area contributed by atoms with Crippen LogP contribution in [-0.4, -0.2) is 67.9 Å². The number of halogens is 1. The number of piperidine rings is 1. The lowest BCUT2D eigenvalue weighted by atomic mass is 10.0. The Hall–Kier alpha value is -3.33. The van der Waals surface area contributed by atoms with E-state index in [2.05, 4.69) is 10.1 Å². The number of hydrogen-bond donors (Lipinski definition) is 2. The van der Waals surface area contributed by atoms with Crippen molar-refractivity contribution in [2.75, 3.05) is 39.2 Å². The maximum Gasteiger partial charge on any atom is 0.325 e. The number of nitrogens with one attached hydrogen (secondary N) is 1. The Morgan fingerprint density at radius 2 is 2.00 bits per heavy atom. The number of likely N-dealkylation sites (tertiary alicyclic amines) is 1. The molecule has 8 nitrogen and oxygen atoms in total. The number of ether oxygens (including phenoxy) is 3. The molecule has 0 aromatic heterocycles. The number of benzene rings is 2. The Bertz CT molecular complexity index is 938. The monoisotopic (exact) mass is 432 g/mol. The highest BCUT2D eigenvalue weighted by atomic mass is 19.1. The van der Waals surface area contributed by atoms with Crippen LogP contribution in [0.25, 0.3) is 0 Å². The van der Waals surface area contributed by atoms with Gasteiger partial charge in [-0.1, -0.05) is 6.07 Å². The Kier molecular flexibility index (Phi) is 7.30. The second kappa shape index (κ2) is 10.1. The Balaban J connectivity index is 1.62. The van der Waals surface area contributed by atoms with Crippen molar-refractivity contribution in [3.63, 3.8) is 0 Å². The van der Waals surface area contributed by atoms with Gasteiger partial charge in [-0.3, -0.25) is 9.59 Å². The maximum atomic E-state index is 13.4. The third kappa shape index (κ3) is 5.64. The normalized spacial score (nSPS) is 18.3. The highest BCUT2D eigenvalue weighted by Crippen LogP contribution is 2.30. The lowest BCUT2D eigenvalue weighted by Gasteiger charge is -2.36. The van der Waals surface area contributed by atoms with Crippen molar-refractivity contribution >= 4 is 17.6 Å². The number of aliphatic hydroxyl groups excluding tert-OH is 1. The zero-order chi connectivity index (χ0) is 22.4. The van der Waals surface area contributed by atoms with Crippen LogP contribution in [0.2, 0.25) is 0 Å². The van der Waals surface area contributed by atoms with Crippen LogP contribution in [0, 0.1) is 5.82 Å². The predicted octanol–water partition coefficient (Wildman–Crippen LogP) is 2.07. The van der Waals surface area contributed by atoms with E-state index in [1.807, 2.05) is 0 Å². The summed E-state index contributed by atoms with van der Waals surface area (Å²) in [5.74, 6) is -0.536. The van der Waals surface area contributed by atoms with Crippen LogP contribution in [0.15, 0.2) is 42.5 Å². The van der Waals surface area contributed by atoms with Gasteiger partial charge in [0.15, 0.2) is 11.5 Å². The van der Waals surface area contributed by atoms with Gasteiger partial charge in [0.05, 0.1) is 20.8 Å². The molecule has 166 valence electrons. The van der Waals surface area contributed by atoms with Gasteiger partial charge in [0.2, 0.25) is 0 Å². The second-order valence-electron chi connectivity index (χ2n) is 7.07. The van der Waals surface area contributed by atoms with Crippen molar-refractivity contribution in [2.45, 2.75) is 18.6 Å². The van der Waals surface area contributed by atoms with E-state index in [1.165, 1.54) is 32.4 Å². The van der Waals surface area contributed by atoms with E-state index >= 15 is 0 Å². The smallest absolute Gasteiger partial charge is 0.325 e. The lowest BCUT2D eigenvalue weighted by Crippen LogP contribution is -2.51. The zero-order valence-electron chi connectivity index (χ0n) is 17.3. The summed E-state index contributed by atoms with van der Waals surface area (Å²) < 4.78 is 28.9. The second-order valence-corrected chi connectivity index (χ2v) is 7.07. The molecular weight excluding hydrogens is 407 g/mol. The van der Waals surface area contributed by atoms with E-state index in [9.17, 15) is 19.1 Å². The van der Waals surface area contributed by atoms with E-state index in [0.717, 1.165) is 0 Å². The molecule has 0 aliphatic carbocycles. The topological polar surface area (TPSA) is 97.3 Å². The first kappa shape index (κ1) is 22.4. The number of carbonyl (C=O) groups is 2. The molecule has 0 spiro atoms. The van der Waals surface area contributed by atoms with Gasteiger partial charge >= 0.3 is 5.97 Å². The number of amides is 1. The summed E-state index contributed by atoms with van der Waals surface area (Å²) >= 11 is 0. The van der Waals surface area contributed by atoms with Crippen LogP contribution < -0.4 is 14.8 Å². The van der Waals surface area contributed by atoms with Gasteiger partial charge in [0, 0.05) is 30.3 Å². The molecule has 1 aliphatic heterocycles. The maximum absolute atomic E-state index is 13.4. The van der Waals surface area contributed by atoms with Gasteiger partial charge in [-0.25, -0.2) is 4.39 Å². The van der Waals surface area contributed by atoms with Gasteiger partial charge in [-0.15, -0.1) is 0 Å². The van der Waals surface area contributed by atoms with E-state index < -0.39 is 24.0 Å².